The fourth-order valence-electron chi connectivity index (χ4n) is 3.31. The lowest BCUT2D eigenvalue weighted by molar-refractivity contribution is -0.121. The Bertz CT molecular complexity index is 387. The van der Waals surface area contributed by atoms with E-state index in [0.717, 1.165) is 64.5 Å². The van der Waals surface area contributed by atoms with Gasteiger partial charge < -0.3 is 20.4 Å². The maximum atomic E-state index is 11.5. The van der Waals surface area contributed by atoms with Crippen molar-refractivity contribution in [1.82, 2.24) is 20.4 Å². The van der Waals surface area contributed by atoms with Crippen LogP contribution in [0.4, 0.5) is 0 Å². The van der Waals surface area contributed by atoms with Crippen LogP contribution in [-0.2, 0) is 4.79 Å². The van der Waals surface area contributed by atoms with Gasteiger partial charge in [-0.05, 0) is 58.2 Å². The highest BCUT2D eigenvalue weighted by atomic mass is 16.1. The molecule has 0 aromatic carbocycles. The molecule has 0 aliphatic carbocycles. The summed E-state index contributed by atoms with van der Waals surface area (Å²) in [6.07, 6.45) is 5.14. The Morgan fingerprint density at radius 2 is 1.84 bits per heavy atom. The van der Waals surface area contributed by atoms with Gasteiger partial charge in [-0.25, -0.2) is 0 Å². The molecule has 0 aromatic rings. The Kier molecular flexibility index (Phi) is 11.3. The average Bonchev–Trinajstić information content (AvgIpc) is 2.64. The van der Waals surface area contributed by atoms with Gasteiger partial charge in [-0.3, -0.25) is 9.79 Å². The van der Waals surface area contributed by atoms with E-state index in [9.17, 15) is 4.79 Å². The molecule has 1 aliphatic heterocycles. The van der Waals surface area contributed by atoms with Crippen molar-refractivity contribution in [3.63, 3.8) is 0 Å². The number of likely N-dealkylation sites (tertiary alicyclic amines) is 1. The lowest BCUT2D eigenvalue weighted by Gasteiger charge is -2.34. The van der Waals surface area contributed by atoms with E-state index < -0.39 is 0 Å². The first-order chi connectivity index (χ1) is 12.1. The number of hydrogen-bond acceptors (Lipinski definition) is 3. The molecular formula is C19H39N5O. The summed E-state index contributed by atoms with van der Waals surface area (Å²) in [6.45, 7) is 13.8. The predicted octanol–water partition coefficient (Wildman–Crippen LogP) is 1.92. The summed E-state index contributed by atoms with van der Waals surface area (Å²) >= 11 is 0. The molecular weight excluding hydrogens is 314 g/mol. The third-order valence-electron chi connectivity index (χ3n) is 5.04. The van der Waals surface area contributed by atoms with Crippen molar-refractivity contribution in [3.05, 3.63) is 0 Å². The highest BCUT2D eigenvalue weighted by molar-refractivity contribution is 5.80. The van der Waals surface area contributed by atoms with Gasteiger partial charge in [0.15, 0.2) is 5.96 Å². The van der Waals surface area contributed by atoms with Gasteiger partial charge in [0.25, 0.3) is 0 Å². The molecule has 0 saturated carbocycles. The van der Waals surface area contributed by atoms with Crippen molar-refractivity contribution in [1.29, 1.82) is 0 Å². The summed E-state index contributed by atoms with van der Waals surface area (Å²) in [4.78, 5) is 21.2. The number of unbranched alkanes of at least 4 members (excludes halogenated alkanes) is 1. The monoisotopic (exact) mass is 353 g/mol. The van der Waals surface area contributed by atoms with E-state index in [0.29, 0.717) is 12.3 Å². The van der Waals surface area contributed by atoms with Crippen molar-refractivity contribution in [2.75, 3.05) is 52.9 Å². The number of nitrogens with one attached hydrogen (secondary N) is 2. The maximum absolute atomic E-state index is 11.5. The molecule has 0 aromatic heterocycles. The second-order valence-electron chi connectivity index (χ2n) is 6.78. The van der Waals surface area contributed by atoms with Crippen LogP contribution in [-0.4, -0.2) is 74.5 Å². The van der Waals surface area contributed by atoms with Gasteiger partial charge in [0.2, 0.25) is 5.91 Å². The first-order valence-corrected chi connectivity index (χ1v) is 10.1. The Hall–Kier alpha value is -1.30. The smallest absolute Gasteiger partial charge is 0.220 e. The summed E-state index contributed by atoms with van der Waals surface area (Å²) in [7, 11) is 1.72. The topological polar surface area (TPSA) is 60.0 Å². The number of piperidine rings is 1. The molecule has 146 valence electrons. The fourth-order valence-corrected chi connectivity index (χ4v) is 3.31. The molecule has 0 bridgehead atoms. The van der Waals surface area contributed by atoms with Crippen LogP contribution in [0.15, 0.2) is 4.99 Å². The SMILES string of the molecule is CCNC(=NCCCCN(CC)CC)N1CCC(CC(=O)NC)CC1. The molecule has 6 heteroatoms. The minimum atomic E-state index is 0.159. The average molecular weight is 354 g/mol. The van der Waals surface area contributed by atoms with Crippen molar-refractivity contribution >= 4 is 11.9 Å². The minimum Gasteiger partial charge on any atom is -0.359 e. The summed E-state index contributed by atoms with van der Waals surface area (Å²) in [5.41, 5.74) is 0. The van der Waals surface area contributed by atoms with Gasteiger partial charge in [-0.2, -0.15) is 0 Å². The van der Waals surface area contributed by atoms with Gasteiger partial charge in [0.1, 0.15) is 0 Å². The molecule has 1 amide bonds. The Balaban J connectivity index is 2.37. The molecule has 0 unspecified atom stereocenters. The Labute approximate surface area is 154 Å². The van der Waals surface area contributed by atoms with Gasteiger partial charge in [0, 0.05) is 39.6 Å². The van der Waals surface area contributed by atoms with Crippen LogP contribution in [0.1, 0.15) is 52.9 Å². The summed E-state index contributed by atoms with van der Waals surface area (Å²) in [6, 6.07) is 0. The third-order valence-corrected chi connectivity index (χ3v) is 5.04. The second-order valence-corrected chi connectivity index (χ2v) is 6.78. The van der Waals surface area contributed by atoms with Crippen molar-refractivity contribution in [2.24, 2.45) is 10.9 Å². The van der Waals surface area contributed by atoms with E-state index in [-0.39, 0.29) is 5.91 Å². The molecule has 1 rings (SSSR count). The molecule has 0 atom stereocenters. The van der Waals surface area contributed by atoms with Crippen LogP contribution in [0, 0.1) is 5.92 Å². The Morgan fingerprint density at radius 3 is 2.40 bits per heavy atom. The third kappa shape index (κ3) is 8.56. The minimum absolute atomic E-state index is 0.159. The number of guanidine groups is 1. The first-order valence-electron chi connectivity index (χ1n) is 10.1. The fraction of sp³-hybridized carbons (Fsp3) is 0.895. The zero-order valence-electron chi connectivity index (χ0n) is 16.8. The number of rotatable bonds is 10. The van der Waals surface area contributed by atoms with Crippen LogP contribution in [0.3, 0.4) is 0 Å². The molecule has 1 heterocycles. The van der Waals surface area contributed by atoms with Crippen LogP contribution in [0.25, 0.3) is 0 Å². The van der Waals surface area contributed by atoms with Gasteiger partial charge in [-0.15, -0.1) is 0 Å². The zero-order valence-corrected chi connectivity index (χ0v) is 16.8. The summed E-state index contributed by atoms with van der Waals surface area (Å²) in [5.74, 6) is 1.71. The second kappa shape index (κ2) is 13.0. The number of carbonyl (C=O) groups is 1. The van der Waals surface area contributed by atoms with Gasteiger partial charge in [-0.1, -0.05) is 13.8 Å². The van der Waals surface area contributed by atoms with Crippen LogP contribution < -0.4 is 10.6 Å². The van der Waals surface area contributed by atoms with E-state index in [1.54, 1.807) is 7.05 Å². The number of amides is 1. The highest BCUT2D eigenvalue weighted by Gasteiger charge is 2.22. The predicted molar refractivity (Wildman–Crippen MR) is 106 cm³/mol. The summed E-state index contributed by atoms with van der Waals surface area (Å²) < 4.78 is 0. The van der Waals surface area contributed by atoms with E-state index in [1.807, 2.05) is 0 Å². The highest BCUT2D eigenvalue weighted by Crippen LogP contribution is 2.20. The lowest BCUT2D eigenvalue weighted by atomic mass is 9.93. The first kappa shape index (κ1) is 21.7. The molecule has 2 N–H and O–H groups in total. The standard InChI is InChI=1S/C19H39N5O/c1-5-21-19(22-12-8-9-13-23(6-2)7-3)24-14-10-17(11-15-24)16-18(25)20-4/h17H,5-16H2,1-4H3,(H,20,25)(H,21,22). The number of carbonyl (C=O) groups excluding carboxylic acids is 1. The zero-order chi connectivity index (χ0) is 18.5. The van der Waals surface area contributed by atoms with E-state index in [2.05, 4.69) is 41.2 Å². The molecule has 0 radical (unpaired) electrons. The quantitative estimate of drug-likeness (QED) is 0.358. The molecule has 6 nitrogen and oxygen atoms in total. The van der Waals surface area contributed by atoms with Crippen molar-refractivity contribution < 1.29 is 4.79 Å². The molecule has 0 spiro atoms. The largest absolute Gasteiger partial charge is 0.359 e. The van der Waals surface area contributed by atoms with Gasteiger partial charge >= 0.3 is 0 Å². The molecule has 25 heavy (non-hydrogen) atoms. The number of nitrogens with zero attached hydrogens (tertiary/aromatic N) is 3. The number of hydrogen-bond donors (Lipinski definition) is 2. The molecule has 1 fully saturated rings. The van der Waals surface area contributed by atoms with Crippen LogP contribution >= 0.6 is 0 Å². The van der Waals surface area contributed by atoms with Crippen LogP contribution in [0.5, 0.6) is 0 Å². The van der Waals surface area contributed by atoms with E-state index >= 15 is 0 Å². The normalized spacial score (nSPS) is 16.4. The maximum Gasteiger partial charge on any atom is 0.220 e. The molecule has 1 aliphatic rings. The summed E-state index contributed by atoms with van der Waals surface area (Å²) in [5, 5.41) is 6.16. The van der Waals surface area contributed by atoms with Crippen LogP contribution in [0.2, 0.25) is 0 Å². The Morgan fingerprint density at radius 1 is 1.16 bits per heavy atom. The van der Waals surface area contributed by atoms with E-state index in [4.69, 9.17) is 4.99 Å². The van der Waals surface area contributed by atoms with E-state index in [1.165, 1.54) is 13.0 Å². The molecule has 1 saturated heterocycles. The lowest BCUT2D eigenvalue weighted by Crippen LogP contribution is -2.46. The van der Waals surface area contributed by atoms with Gasteiger partial charge in [0.05, 0.1) is 0 Å². The van der Waals surface area contributed by atoms with Crippen molar-refractivity contribution in [2.45, 2.75) is 52.9 Å². The number of aliphatic imine (C=N–C) groups is 1. The van der Waals surface area contributed by atoms with Crippen molar-refractivity contribution in [3.8, 4) is 0 Å².